The van der Waals surface area contributed by atoms with Gasteiger partial charge >= 0.3 is 0 Å². The lowest BCUT2D eigenvalue weighted by molar-refractivity contribution is 0.618. The van der Waals surface area contributed by atoms with Crippen molar-refractivity contribution in [1.82, 2.24) is 9.97 Å². The number of nitrogen functional groups attached to an aromatic ring is 1. The maximum Gasteiger partial charge on any atom is 0.246 e. The predicted molar refractivity (Wildman–Crippen MR) is 66.7 cm³/mol. The van der Waals surface area contributed by atoms with Gasteiger partial charge in [0.05, 0.1) is 5.69 Å². The van der Waals surface area contributed by atoms with E-state index in [9.17, 15) is 0 Å². The third-order valence-electron chi connectivity index (χ3n) is 2.37. The first-order valence-corrected chi connectivity index (χ1v) is 5.39. The summed E-state index contributed by atoms with van der Waals surface area (Å²) in [5.41, 5.74) is 8.12. The molecule has 0 radical (unpaired) electrons. The first kappa shape index (κ1) is 10.1. The Labute approximate surface area is 102 Å². The van der Waals surface area contributed by atoms with Crippen LogP contribution in [0.4, 0.5) is 5.69 Å². The van der Waals surface area contributed by atoms with Crippen molar-refractivity contribution >= 4 is 28.4 Å². The number of aromatic nitrogens is 2. The van der Waals surface area contributed by atoms with Crippen LogP contribution in [-0.4, -0.2) is 9.97 Å². The van der Waals surface area contributed by atoms with E-state index in [1.807, 2.05) is 18.2 Å². The molecule has 2 heterocycles. The summed E-state index contributed by atoms with van der Waals surface area (Å²) in [5.74, 6) is 0.439. The van der Waals surface area contributed by atoms with E-state index < -0.39 is 0 Å². The summed E-state index contributed by atoms with van der Waals surface area (Å²) >= 11 is 5.90. The second-order valence-corrected chi connectivity index (χ2v) is 4.01. The van der Waals surface area contributed by atoms with Crippen molar-refractivity contribution in [2.75, 3.05) is 5.73 Å². The number of nitrogens with two attached hydrogens (primary N) is 1. The maximum absolute atomic E-state index is 5.90. The number of hydrogen-bond donors (Lipinski definition) is 1. The molecule has 0 atom stereocenters. The monoisotopic (exact) mass is 245 g/mol. The van der Waals surface area contributed by atoms with Crippen LogP contribution in [0.15, 0.2) is 40.9 Å². The van der Waals surface area contributed by atoms with Gasteiger partial charge in [0, 0.05) is 11.2 Å². The van der Waals surface area contributed by atoms with Crippen molar-refractivity contribution in [3.63, 3.8) is 0 Å². The smallest absolute Gasteiger partial charge is 0.246 e. The average Bonchev–Trinajstić information content (AvgIpc) is 2.74. The average molecular weight is 246 g/mol. The molecule has 3 aromatic rings. The van der Waals surface area contributed by atoms with E-state index >= 15 is 0 Å². The number of nitrogens with zero attached hydrogens (tertiary/aromatic N) is 2. The highest BCUT2D eigenvalue weighted by Crippen LogP contribution is 2.29. The zero-order valence-corrected chi connectivity index (χ0v) is 9.48. The van der Waals surface area contributed by atoms with E-state index in [2.05, 4.69) is 9.97 Å². The molecule has 0 aliphatic rings. The number of benzene rings is 1. The van der Waals surface area contributed by atoms with E-state index in [-0.39, 0.29) is 0 Å². The molecule has 0 aliphatic heterocycles. The molecule has 3 rings (SSSR count). The summed E-state index contributed by atoms with van der Waals surface area (Å²) in [7, 11) is 0. The summed E-state index contributed by atoms with van der Waals surface area (Å²) < 4.78 is 5.58. The minimum Gasteiger partial charge on any atom is -0.432 e. The summed E-state index contributed by atoms with van der Waals surface area (Å²) in [6, 6.07) is 8.87. The van der Waals surface area contributed by atoms with Gasteiger partial charge in [0.1, 0.15) is 11.2 Å². The van der Waals surface area contributed by atoms with Crippen LogP contribution in [0.3, 0.4) is 0 Å². The summed E-state index contributed by atoms with van der Waals surface area (Å²) in [5, 5.41) is 0.538. The van der Waals surface area contributed by atoms with Crippen LogP contribution >= 0.6 is 11.6 Å². The number of pyridine rings is 1. The fraction of sp³-hybridized carbons (Fsp3) is 0. The second kappa shape index (κ2) is 3.75. The van der Waals surface area contributed by atoms with Crippen LogP contribution in [0.5, 0.6) is 0 Å². The molecular weight excluding hydrogens is 238 g/mol. The Morgan fingerprint density at radius 3 is 2.88 bits per heavy atom. The molecule has 2 aromatic heterocycles. The zero-order chi connectivity index (χ0) is 11.8. The fourth-order valence-electron chi connectivity index (χ4n) is 1.62. The Hall–Kier alpha value is -2.07. The summed E-state index contributed by atoms with van der Waals surface area (Å²) in [6.07, 6.45) is 1.68. The molecule has 0 spiro atoms. The quantitative estimate of drug-likeness (QED) is 0.669. The fourth-order valence-corrected chi connectivity index (χ4v) is 1.84. The van der Waals surface area contributed by atoms with Gasteiger partial charge < -0.3 is 10.2 Å². The molecule has 2 N–H and O–H groups in total. The maximum atomic E-state index is 5.90. The highest BCUT2D eigenvalue weighted by molar-refractivity contribution is 6.31. The normalized spacial score (nSPS) is 10.9. The van der Waals surface area contributed by atoms with Crippen LogP contribution in [0.1, 0.15) is 0 Å². The molecule has 0 aliphatic carbocycles. The number of halogens is 1. The van der Waals surface area contributed by atoms with Gasteiger partial charge in [0.25, 0.3) is 0 Å². The number of rotatable bonds is 1. The van der Waals surface area contributed by atoms with E-state index in [0.29, 0.717) is 33.4 Å². The van der Waals surface area contributed by atoms with Crippen molar-refractivity contribution in [3.8, 4) is 11.6 Å². The van der Waals surface area contributed by atoms with Crippen molar-refractivity contribution in [2.45, 2.75) is 0 Å². The van der Waals surface area contributed by atoms with E-state index in [1.54, 1.807) is 18.3 Å². The van der Waals surface area contributed by atoms with Crippen molar-refractivity contribution in [1.29, 1.82) is 0 Å². The highest BCUT2D eigenvalue weighted by atomic mass is 35.5. The lowest BCUT2D eigenvalue weighted by atomic mass is 10.3. The zero-order valence-electron chi connectivity index (χ0n) is 8.72. The molecule has 1 aromatic carbocycles. The molecule has 0 unspecified atom stereocenters. The van der Waals surface area contributed by atoms with Crippen LogP contribution in [0.2, 0.25) is 5.02 Å². The van der Waals surface area contributed by atoms with Crippen LogP contribution in [-0.2, 0) is 0 Å². The minimum absolute atomic E-state index is 0.439. The lowest BCUT2D eigenvalue weighted by Crippen LogP contribution is -1.84. The SMILES string of the molecule is Nc1cc(Cl)cc2nc(-c3ccccn3)oc12. The van der Waals surface area contributed by atoms with Gasteiger partial charge in [-0.15, -0.1) is 0 Å². The van der Waals surface area contributed by atoms with Gasteiger partial charge in [0.15, 0.2) is 5.58 Å². The largest absolute Gasteiger partial charge is 0.432 e. The standard InChI is InChI=1S/C12H8ClN3O/c13-7-5-8(14)11-10(6-7)16-12(17-11)9-3-1-2-4-15-9/h1-6H,14H2. The summed E-state index contributed by atoms with van der Waals surface area (Å²) in [4.78, 5) is 8.48. The third-order valence-corrected chi connectivity index (χ3v) is 2.59. The Bertz CT molecular complexity index is 679. The first-order chi connectivity index (χ1) is 8.24. The van der Waals surface area contributed by atoms with E-state index in [0.717, 1.165) is 0 Å². The molecule has 0 amide bonds. The van der Waals surface area contributed by atoms with Gasteiger partial charge in [-0.2, -0.15) is 0 Å². The molecule has 0 fully saturated rings. The van der Waals surface area contributed by atoms with Crippen molar-refractivity contribution < 1.29 is 4.42 Å². The van der Waals surface area contributed by atoms with E-state index in [4.69, 9.17) is 21.8 Å². The highest BCUT2D eigenvalue weighted by Gasteiger charge is 2.11. The summed E-state index contributed by atoms with van der Waals surface area (Å²) in [6.45, 7) is 0. The molecule has 17 heavy (non-hydrogen) atoms. The van der Waals surface area contributed by atoms with Gasteiger partial charge in [0.2, 0.25) is 5.89 Å². The van der Waals surface area contributed by atoms with Crippen molar-refractivity contribution in [3.05, 3.63) is 41.6 Å². The Kier molecular flexibility index (Phi) is 2.23. The van der Waals surface area contributed by atoms with Crippen molar-refractivity contribution in [2.24, 2.45) is 0 Å². The number of hydrogen-bond acceptors (Lipinski definition) is 4. The van der Waals surface area contributed by atoms with Crippen LogP contribution in [0.25, 0.3) is 22.7 Å². The van der Waals surface area contributed by atoms with Gasteiger partial charge in [-0.3, -0.25) is 4.98 Å². The Morgan fingerprint density at radius 1 is 1.24 bits per heavy atom. The number of anilines is 1. The second-order valence-electron chi connectivity index (χ2n) is 3.58. The Morgan fingerprint density at radius 2 is 2.12 bits per heavy atom. The molecule has 0 saturated carbocycles. The third kappa shape index (κ3) is 1.72. The molecule has 84 valence electrons. The van der Waals surface area contributed by atoms with Gasteiger partial charge in [-0.1, -0.05) is 17.7 Å². The Balaban J connectivity index is 2.24. The molecule has 0 saturated heterocycles. The number of oxazole rings is 1. The molecule has 5 heteroatoms. The first-order valence-electron chi connectivity index (χ1n) is 5.01. The lowest BCUT2D eigenvalue weighted by Gasteiger charge is -1.94. The molecule has 0 bridgehead atoms. The van der Waals surface area contributed by atoms with E-state index in [1.165, 1.54) is 0 Å². The minimum atomic E-state index is 0.439. The molecule has 4 nitrogen and oxygen atoms in total. The number of fused-ring (bicyclic) bond motifs is 1. The van der Waals surface area contributed by atoms with Gasteiger partial charge in [-0.25, -0.2) is 4.98 Å². The predicted octanol–water partition coefficient (Wildman–Crippen LogP) is 3.13. The topological polar surface area (TPSA) is 64.9 Å². The van der Waals surface area contributed by atoms with Crippen LogP contribution in [0, 0.1) is 0 Å². The van der Waals surface area contributed by atoms with Crippen LogP contribution < -0.4 is 5.73 Å². The molecular formula is C12H8ClN3O. The van der Waals surface area contributed by atoms with Gasteiger partial charge in [-0.05, 0) is 24.3 Å².